The number of nitrogens with two attached hydrogens (primary N) is 1. The van der Waals surface area contributed by atoms with Gasteiger partial charge in [-0.05, 0) is 42.5 Å². The molecule has 0 spiro atoms. The van der Waals surface area contributed by atoms with E-state index in [9.17, 15) is 9.59 Å². The number of hydrogen-bond acceptors (Lipinski definition) is 4. The van der Waals surface area contributed by atoms with Gasteiger partial charge < -0.3 is 15.8 Å². The number of fused-ring (bicyclic) bond motifs is 1. The number of nitrogens with one attached hydrogen (secondary N) is 1. The second-order valence-electron chi connectivity index (χ2n) is 5.26. The van der Waals surface area contributed by atoms with Crippen LogP contribution in [0.1, 0.15) is 10.4 Å². The number of carbonyl (C=O) groups is 2. The number of ether oxygens (including phenoxy) is 1. The number of hydrogen-bond donors (Lipinski definition) is 2. The van der Waals surface area contributed by atoms with E-state index in [0.29, 0.717) is 27.5 Å². The summed E-state index contributed by atoms with van der Waals surface area (Å²) in [7, 11) is 0. The third-order valence-corrected chi connectivity index (χ3v) is 3.63. The molecule has 7 heteroatoms. The summed E-state index contributed by atoms with van der Waals surface area (Å²) in [5.74, 6) is -0.401. The molecule has 3 rings (SSSR count). The molecule has 3 aromatic rings. The Hall–Kier alpha value is -3.12. The molecule has 2 aromatic carbocycles. The summed E-state index contributed by atoms with van der Waals surface area (Å²) < 4.78 is 5.17. The molecule has 2 amide bonds. The van der Waals surface area contributed by atoms with E-state index in [-0.39, 0.29) is 12.5 Å². The van der Waals surface area contributed by atoms with E-state index in [2.05, 4.69) is 10.3 Å². The van der Waals surface area contributed by atoms with Crippen molar-refractivity contribution in [1.29, 1.82) is 0 Å². The van der Waals surface area contributed by atoms with Crippen LogP contribution in [-0.2, 0) is 4.79 Å². The Kier molecular flexibility index (Phi) is 4.81. The van der Waals surface area contributed by atoms with Crippen molar-refractivity contribution in [3.05, 3.63) is 65.3 Å². The standard InChI is InChI=1S/C18H14ClN3O3/c19-12-8-11-2-1-7-21-17(11)15(9-12)18(24)22-13-3-5-14(6-4-13)25-10-16(20)23/h1-9H,10H2,(H2,20,23)(H,22,24). The molecular weight excluding hydrogens is 342 g/mol. The van der Waals surface area contributed by atoms with Crippen molar-refractivity contribution in [2.24, 2.45) is 5.73 Å². The van der Waals surface area contributed by atoms with Crippen LogP contribution >= 0.6 is 11.6 Å². The fourth-order valence-electron chi connectivity index (χ4n) is 2.32. The number of pyridine rings is 1. The zero-order chi connectivity index (χ0) is 17.8. The van der Waals surface area contributed by atoms with Crippen molar-refractivity contribution in [2.75, 3.05) is 11.9 Å². The van der Waals surface area contributed by atoms with Crippen LogP contribution in [0, 0.1) is 0 Å². The Balaban J connectivity index is 1.80. The van der Waals surface area contributed by atoms with Crippen molar-refractivity contribution in [3.8, 4) is 5.75 Å². The smallest absolute Gasteiger partial charge is 0.257 e. The van der Waals surface area contributed by atoms with Gasteiger partial charge in [-0.3, -0.25) is 14.6 Å². The summed E-state index contributed by atoms with van der Waals surface area (Å²) in [6.45, 7) is -0.203. The van der Waals surface area contributed by atoms with E-state index in [1.165, 1.54) is 0 Å². The van der Waals surface area contributed by atoms with E-state index in [1.54, 1.807) is 48.7 Å². The molecule has 0 radical (unpaired) electrons. The number of carbonyl (C=O) groups excluding carboxylic acids is 2. The Bertz CT molecular complexity index is 942. The SMILES string of the molecule is NC(=O)COc1ccc(NC(=O)c2cc(Cl)cc3cccnc23)cc1. The maximum absolute atomic E-state index is 12.6. The zero-order valence-corrected chi connectivity index (χ0v) is 13.8. The molecule has 0 aliphatic carbocycles. The predicted molar refractivity (Wildman–Crippen MR) is 95.8 cm³/mol. The minimum absolute atomic E-state index is 0.203. The van der Waals surface area contributed by atoms with Gasteiger partial charge in [0.15, 0.2) is 6.61 Å². The predicted octanol–water partition coefficient (Wildman–Crippen LogP) is 3.00. The van der Waals surface area contributed by atoms with Crippen molar-refractivity contribution in [2.45, 2.75) is 0 Å². The van der Waals surface area contributed by atoms with Crippen molar-refractivity contribution in [3.63, 3.8) is 0 Å². The molecule has 0 unspecified atom stereocenters. The molecule has 6 nitrogen and oxygen atoms in total. The lowest BCUT2D eigenvalue weighted by Gasteiger charge is -2.09. The fourth-order valence-corrected chi connectivity index (χ4v) is 2.54. The molecule has 0 fully saturated rings. The normalized spacial score (nSPS) is 10.4. The second-order valence-corrected chi connectivity index (χ2v) is 5.70. The van der Waals surface area contributed by atoms with Crippen molar-refractivity contribution < 1.29 is 14.3 Å². The number of nitrogens with zero attached hydrogens (tertiary/aromatic N) is 1. The first kappa shape index (κ1) is 16.7. The number of anilines is 1. The Morgan fingerprint density at radius 2 is 1.92 bits per heavy atom. The van der Waals surface area contributed by atoms with E-state index < -0.39 is 5.91 Å². The zero-order valence-electron chi connectivity index (χ0n) is 13.0. The number of amides is 2. The summed E-state index contributed by atoms with van der Waals surface area (Å²) in [5.41, 5.74) is 6.55. The molecule has 0 atom stereocenters. The van der Waals surface area contributed by atoms with Crippen LogP contribution in [0.3, 0.4) is 0 Å². The first-order valence-corrected chi connectivity index (χ1v) is 7.77. The monoisotopic (exact) mass is 355 g/mol. The van der Waals surface area contributed by atoms with Gasteiger partial charge in [-0.2, -0.15) is 0 Å². The van der Waals surface area contributed by atoms with E-state index in [0.717, 1.165) is 5.39 Å². The average Bonchev–Trinajstić information content (AvgIpc) is 2.60. The number of primary amides is 1. The first-order chi connectivity index (χ1) is 12.0. The summed E-state index contributed by atoms with van der Waals surface area (Å²) in [4.78, 5) is 27.5. The highest BCUT2D eigenvalue weighted by Gasteiger charge is 2.13. The molecular formula is C18H14ClN3O3. The van der Waals surface area contributed by atoms with Crippen LogP contribution in [0.4, 0.5) is 5.69 Å². The number of benzene rings is 2. The van der Waals surface area contributed by atoms with Crippen LogP contribution in [0.25, 0.3) is 10.9 Å². The highest BCUT2D eigenvalue weighted by molar-refractivity contribution is 6.32. The molecule has 1 aromatic heterocycles. The summed E-state index contributed by atoms with van der Waals surface area (Å²) in [6, 6.07) is 13.5. The molecule has 0 aliphatic rings. The van der Waals surface area contributed by atoms with E-state index in [4.69, 9.17) is 22.1 Å². The van der Waals surface area contributed by atoms with Crippen LogP contribution in [-0.4, -0.2) is 23.4 Å². The van der Waals surface area contributed by atoms with Gasteiger partial charge in [0, 0.05) is 22.3 Å². The fraction of sp³-hybridized carbons (Fsp3) is 0.0556. The molecule has 0 bridgehead atoms. The molecule has 25 heavy (non-hydrogen) atoms. The maximum Gasteiger partial charge on any atom is 0.257 e. The van der Waals surface area contributed by atoms with Gasteiger partial charge in [0.1, 0.15) is 5.75 Å². The molecule has 0 saturated carbocycles. The molecule has 126 valence electrons. The number of halogens is 1. The largest absolute Gasteiger partial charge is 0.484 e. The quantitative estimate of drug-likeness (QED) is 0.735. The van der Waals surface area contributed by atoms with Crippen LogP contribution in [0.5, 0.6) is 5.75 Å². The summed E-state index contributed by atoms with van der Waals surface area (Å²) >= 11 is 6.09. The molecule has 3 N–H and O–H groups in total. The second kappa shape index (κ2) is 7.19. The van der Waals surface area contributed by atoms with Crippen molar-refractivity contribution >= 4 is 40.0 Å². The highest BCUT2D eigenvalue weighted by Crippen LogP contribution is 2.23. The van der Waals surface area contributed by atoms with Gasteiger partial charge in [-0.1, -0.05) is 17.7 Å². The average molecular weight is 356 g/mol. The summed E-state index contributed by atoms with van der Waals surface area (Å²) in [6.07, 6.45) is 1.62. The summed E-state index contributed by atoms with van der Waals surface area (Å²) in [5, 5.41) is 4.03. The third-order valence-electron chi connectivity index (χ3n) is 3.41. The Morgan fingerprint density at radius 3 is 2.64 bits per heavy atom. The lowest BCUT2D eigenvalue weighted by Crippen LogP contribution is -2.20. The maximum atomic E-state index is 12.6. The number of rotatable bonds is 5. The lowest BCUT2D eigenvalue weighted by molar-refractivity contribution is -0.119. The minimum Gasteiger partial charge on any atom is -0.484 e. The highest BCUT2D eigenvalue weighted by atomic mass is 35.5. The van der Waals surface area contributed by atoms with Gasteiger partial charge in [0.05, 0.1) is 11.1 Å². The third kappa shape index (κ3) is 4.05. The van der Waals surface area contributed by atoms with E-state index >= 15 is 0 Å². The minimum atomic E-state index is -0.558. The van der Waals surface area contributed by atoms with Crippen molar-refractivity contribution in [1.82, 2.24) is 4.98 Å². The Labute approximate surface area is 148 Å². The number of aromatic nitrogens is 1. The topological polar surface area (TPSA) is 94.3 Å². The van der Waals surface area contributed by atoms with Gasteiger partial charge in [0.25, 0.3) is 11.8 Å². The van der Waals surface area contributed by atoms with E-state index in [1.807, 2.05) is 6.07 Å². The van der Waals surface area contributed by atoms with Gasteiger partial charge in [-0.25, -0.2) is 0 Å². The Morgan fingerprint density at radius 1 is 1.16 bits per heavy atom. The van der Waals surface area contributed by atoms with Crippen LogP contribution in [0.15, 0.2) is 54.7 Å². The molecule has 1 heterocycles. The van der Waals surface area contributed by atoms with Gasteiger partial charge >= 0.3 is 0 Å². The van der Waals surface area contributed by atoms with Crippen LogP contribution < -0.4 is 15.8 Å². The first-order valence-electron chi connectivity index (χ1n) is 7.40. The van der Waals surface area contributed by atoms with Gasteiger partial charge in [0.2, 0.25) is 0 Å². The van der Waals surface area contributed by atoms with Crippen LogP contribution in [0.2, 0.25) is 5.02 Å². The van der Waals surface area contributed by atoms with Gasteiger partial charge in [-0.15, -0.1) is 0 Å². The molecule has 0 aliphatic heterocycles. The lowest BCUT2D eigenvalue weighted by atomic mass is 10.1. The molecule has 0 saturated heterocycles.